The molecule has 0 spiro atoms. The number of hydrogen-bond acceptors (Lipinski definition) is 4. The first-order valence-electron chi connectivity index (χ1n) is 8.00. The molecule has 1 aliphatic heterocycles. The van der Waals surface area contributed by atoms with Gasteiger partial charge in [0.25, 0.3) is 5.91 Å². The molecule has 0 radical (unpaired) electrons. The molecule has 124 valence electrons. The van der Waals surface area contributed by atoms with E-state index in [0.29, 0.717) is 12.3 Å². The summed E-state index contributed by atoms with van der Waals surface area (Å²) in [6.45, 7) is 3.89. The Morgan fingerprint density at radius 3 is 2.96 bits per heavy atom. The van der Waals surface area contributed by atoms with Crippen molar-refractivity contribution in [1.82, 2.24) is 9.88 Å². The molecule has 0 saturated carbocycles. The quantitative estimate of drug-likeness (QED) is 0.863. The van der Waals surface area contributed by atoms with Gasteiger partial charge >= 0.3 is 0 Å². The molecule has 1 N–H and O–H groups in total. The minimum Gasteiger partial charge on any atom is -0.443 e. The molecule has 0 aliphatic carbocycles. The second-order valence-electron chi connectivity index (χ2n) is 6.42. The second kappa shape index (κ2) is 6.50. The van der Waals surface area contributed by atoms with E-state index in [0.717, 1.165) is 18.4 Å². The van der Waals surface area contributed by atoms with Crippen molar-refractivity contribution in [2.45, 2.75) is 38.3 Å². The van der Waals surface area contributed by atoms with E-state index in [2.05, 4.69) is 16.8 Å². The fourth-order valence-electron chi connectivity index (χ4n) is 2.81. The first-order valence-corrected chi connectivity index (χ1v) is 8.00. The van der Waals surface area contributed by atoms with Gasteiger partial charge in [0.15, 0.2) is 11.5 Å². The lowest BCUT2D eigenvalue weighted by Gasteiger charge is -2.23. The van der Waals surface area contributed by atoms with E-state index in [1.807, 2.05) is 17.0 Å². The van der Waals surface area contributed by atoms with Gasteiger partial charge in [0.1, 0.15) is 5.60 Å². The summed E-state index contributed by atoms with van der Waals surface area (Å²) in [5.41, 5.74) is -0.0610. The summed E-state index contributed by atoms with van der Waals surface area (Å²) in [6.07, 6.45) is 5.41. The van der Waals surface area contributed by atoms with Crippen molar-refractivity contribution in [3.63, 3.8) is 0 Å². The molecule has 1 saturated heterocycles. The minimum atomic E-state index is -1.10. The predicted molar refractivity (Wildman–Crippen MR) is 89.1 cm³/mol. The Balaban J connectivity index is 1.79. The molecular formula is C19H20N2O3. The number of aromatic nitrogens is 1. The van der Waals surface area contributed by atoms with Gasteiger partial charge in [-0.25, -0.2) is 0 Å². The van der Waals surface area contributed by atoms with Crippen molar-refractivity contribution in [3.05, 3.63) is 53.7 Å². The highest BCUT2D eigenvalue weighted by Crippen LogP contribution is 2.32. The molecule has 2 aromatic heterocycles. The van der Waals surface area contributed by atoms with Crippen molar-refractivity contribution in [2.24, 2.45) is 0 Å². The smallest absolute Gasteiger partial charge is 0.290 e. The molecular weight excluding hydrogens is 304 g/mol. The summed E-state index contributed by atoms with van der Waals surface area (Å²) >= 11 is 0. The van der Waals surface area contributed by atoms with Crippen LogP contribution in [0.15, 0.2) is 41.1 Å². The van der Waals surface area contributed by atoms with E-state index in [1.165, 1.54) is 0 Å². The third-order valence-electron chi connectivity index (χ3n) is 3.89. The molecule has 2 aromatic rings. The van der Waals surface area contributed by atoms with E-state index >= 15 is 0 Å². The van der Waals surface area contributed by atoms with Gasteiger partial charge in [0, 0.05) is 18.9 Å². The lowest BCUT2D eigenvalue weighted by atomic mass is 10.1. The Labute approximate surface area is 141 Å². The average molecular weight is 324 g/mol. The third-order valence-corrected chi connectivity index (χ3v) is 3.89. The molecule has 5 heteroatoms. The molecule has 0 bridgehead atoms. The van der Waals surface area contributed by atoms with Crippen molar-refractivity contribution in [3.8, 4) is 11.8 Å². The zero-order valence-corrected chi connectivity index (χ0v) is 13.8. The number of nitrogens with zero attached hydrogens (tertiary/aromatic N) is 2. The van der Waals surface area contributed by atoms with Gasteiger partial charge in [-0.3, -0.25) is 9.78 Å². The molecule has 0 aromatic carbocycles. The van der Waals surface area contributed by atoms with Crippen LogP contribution in [0.3, 0.4) is 0 Å². The van der Waals surface area contributed by atoms with Crippen LogP contribution in [0.25, 0.3) is 0 Å². The molecule has 3 rings (SSSR count). The van der Waals surface area contributed by atoms with Gasteiger partial charge in [-0.05, 0) is 56.4 Å². The largest absolute Gasteiger partial charge is 0.443 e. The van der Waals surface area contributed by atoms with Crippen LogP contribution in [0.4, 0.5) is 0 Å². The fourth-order valence-corrected chi connectivity index (χ4v) is 2.81. The maximum atomic E-state index is 12.8. The fraction of sp³-hybridized carbons (Fsp3) is 0.368. The zero-order valence-electron chi connectivity index (χ0n) is 13.8. The van der Waals surface area contributed by atoms with Gasteiger partial charge in [-0.2, -0.15) is 0 Å². The molecule has 1 aliphatic rings. The molecule has 5 nitrogen and oxygen atoms in total. The van der Waals surface area contributed by atoms with Crippen LogP contribution in [-0.4, -0.2) is 33.0 Å². The molecule has 3 heterocycles. The number of carbonyl (C=O) groups is 1. The second-order valence-corrected chi connectivity index (χ2v) is 6.42. The van der Waals surface area contributed by atoms with Crippen LogP contribution < -0.4 is 0 Å². The van der Waals surface area contributed by atoms with E-state index < -0.39 is 5.60 Å². The number of likely N-dealkylation sites (tertiary alicyclic amines) is 1. The van der Waals surface area contributed by atoms with E-state index in [4.69, 9.17) is 4.42 Å². The molecule has 1 unspecified atom stereocenters. The van der Waals surface area contributed by atoms with Gasteiger partial charge in [0.05, 0.1) is 6.04 Å². The Hall–Kier alpha value is -2.58. The summed E-state index contributed by atoms with van der Waals surface area (Å²) in [7, 11) is 0. The standard InChI is InChI=1S/C19H20N2O3/c1-19(2,23)10-9-15-7-8-17(24-15)18(22)21-12-4-6-16(21)14-5-3-11-20-13-14/h3,5,7-8,11,13,16,23H,4,6,12H2,1-2H3. The zero-order chi connectivity index (χ0) is 17.2. The monoisotopic (exact) mass is 324 g/mol. The Kier molecular flexibility index (Phi) is 4.41. The lowest BCUT2D eigenvalue weighted by molar-refractivity contribution is 0.0702. The third kappa shape index (κ3) is 3.66. The molecule has 24 heavy (non-hydrogen) atoms. The van der Waals surface area contributed by atoms with E-state index in [9.17, 15) is 9.90 Å². The molecule has 1 fully saturated rings. The first-order chi connectivity index (χ1) is 11.4. The Morgan fingerprint density at radius 2 is 2.25 bits per heavy atom. The van der Waals surface area contributed by atoms with Crippen LogP contribution >= 0.6 is 0 Å². The minimum absolute atomic E-state index is 0.0298. The first kappa shape index (κ1) is 16.3. The highest BCUT2D eigenvalue weighted by Gasteiger charge is 2.32. The predicted octanol–water partition coefficient (Wildman–Crippen LogP) is 2.77. The van der Waals surface area contributed by atoms with Crippen molar-refractivity contribution < 1.29 is 14.3 Å². The van der Waals surface area contributed by atoms with Crippen LogP contribution in [0.1, 0.15) is 54.6 Å². The average Bonchev–Trinajstić information content (AvgIpc) is 3.22. The van der Waals surface area contributed by atoms with E-state index in [-0.39, 0.29) is 17.7 Å². The Morgan fingerprint density at radius 1 is 1.42 bits per heavy atom. The van der Waals surface area contributed by atoms with Gasteiger partial charge in [0.2, 0.25) is 0 Å². The number of carbonyl (C=O) groups excluding carboxylic acids is 1. The highest BCUT2D eigenvalue weighted by atomic mass is 16.4. The number of rotatable bonds is 2. The normalized spacial score (nSPS) is 17.5. The molecule has 1 amide bonds. The van der Waals surface area contributed by atoms with Gasteiger partial charge in [-0.15, -0.1) is 0 Å². The topological polar surface area (TPSA) is 66.6 Å². The SMILES string of the molecule is CC(C)(O)C#Cc1ccc(C(=O)N2CCCC2c2cccnc2)o1. The van der Waals surface area contributed by atoms with Crippen molar-refractivity contribution >= 4 is 5.91 Å². The van der Waals surface area contributed by atoms with E-state index in [1.54, 1.807) is 38.4 Å². The Bertz CT molecular complexity index is 778. The number of aliphatic hydroxyl groups is 1. The number of pyridine rings is 1. The van der Waals surface area contributed by atoms with Crippen molar-refractivity contribution in [1.29, 1.82) is 0 Å². The van der Waals surface area contributed by atoms with Crippen LogP contribution in [0.2, 0.25) is 0 Å². The van der Waals surface area contributed by atoms with Gasteiger partial charge in [-0.1, -0.05) is 12.0 Å². The maximum Gasteiger partial charge on any atom is 0.290 e. The summed E-state index contributed by atoms with van der Waals surface area (Å²) in [6, 6.07) is 7.19. The van der Waals surface area contributed by atoms with Crippen molar-refractivity contribution in [2.75, 3.05) is 6.54 Å². The summed E-state index contributed by atoms with van der Waals surface area (Å²) < 4.78 is 5.55. The number of furan rings is 1. The lowest BCUT2D eigenvalue weighted by Crippen LogP contribution is -2.30. The van der Waals surface area contributed by atoms with Crippen LogP contribution in [-0.2, 0) is 0 Å². The summed E-state index contributed by atoms with van der Waals surface area (Å²) in [4.78, 5) is 18.7. The van der Waals surface area contributed by atoms with Gasteiger partial charge < -0.3 is 14.4 Å². The summed E-state index contributed by atoms with van der Waals surface area (Å²) in [5.74, 6) is 5.92. The van der Waals surface area contributed by atoms with Crippen LogP contribution in [0, 0.1) is 11.8 Å². The highest BCUT2D eigenvalue weighted by molar-refractivity contribution is 5.92. The number of amides is 1. The maximum absolute atomic E-state index is 12.8. The summed E-state index contributed by atoms with van der Waals surface area (Å²) in [5, 5.41) is 9.63. The number of hydrogen-bond donors (Lipinski definition) is 1. The molecule has 1 atom stereocenters. The van der Waals surface area contributed by atoms with Crippen LogP contribution in [0.5, 0.6) is 0 Å².